The molecule has 0 atom stereocenters. The fourth-order valence-electron chi connectivity index (χ4n) is 2.66. The zero-order chi connectivity index (χ0) is 20.5. The van der Waals surface area contributed by atoms with Gasteiger partial charge in [-0.1, -0.05) is 30.3 Å². The fourth-order valence-corrected chi connectivity index (χ4v) is 2.66. The summed E-state index contributed by atoms with van der Waals surface area (Å²) in [6, 6.07) is 24.0. The van der Waals surface area contributed by atoms with Gasteiger partial charge in [0.15, 0.2) is 0 Å². The van der Waals surface area contributed by atoms with E-state index >= 15 is 0 Å². The van der Waals surface area contributed by atoms with Crippen LogP contribution in [-0.4, -0.2) is 25.2 Å². The van der Waals surface area contributed by atoms with Gasteiger partial charge in [-0.3, -0.25) is 4.79 Å². The SMILES string of the molecule is CC(C)Oc1ccccc1NC(=O)c1ccc(OCCOc2ccccc2)cc1. The first-order chi connectivity index (χ1) is 14.1. The summed E-state index contributed by atoms with van der Waals surface area (Å²) < 4.78 is 17.0. The summed E-state index contributed by atoms with van der Waals surface area (Å²) in [5.41, 5.74) is 1.18. The third-order valence-corrected chi connectivity index (χ3v) is 3.98. The quantitative estimate of drug-likeness (QED) is 0.511. The number of nitrogens with one attached hydrogen (secondary N) is 1. The lowest BCUT2D eigenvalue weighted by Gasteiger charge is -2.15. The summed E-state index contributed by atoms with van der Waals surface area (Å²) >= 11 is 0. The fraction of sp³-hybridized carbons (Fsp3) is 0.208. The molecule has 0 saturated carbocycles. The molecule has 0 aliphatic carbocycles. The molecule has 0 bridgehead atoms. The zero-order valence-corrected chi connectivity index (χ0v) is 16.6. The van der Waals surface area contributed by atoms with Gasteiger partial charge in [0.05, 0.1) is 11.8 Å². The molecule has 0 radical (unpaired) electrons. The van der Waals surface area contributed by atoms with Crippen LogP contribution in [0.15, 0.2) is 78.9 Å². The van der Waals surface area contributed by atoms with Crippen LogP contribution < -0.4 is 19.5 Å². The molecule has 0 saturated heterocycles. The molecule has 29 heavy (non-hydrogen) atoms. The van der Waals surface area contributed by atoms with E-state index < -0.39 is 0 Å². The van der Waals surface area contributed by atoms with Gasteiger partial charge in [0.2, 0.25) is 0 Å². The van der Waals surface area contributed by atoms with Crippen molar-refractivity contribution in [3.8, 4) is 17.2 Å². The van der Waals surface area contributed by atoms with E-state index in [4.69, 9.17) is 14.2 Å². The Hall–Kier alpha value is -3.47. The number of anilines is 1. The van der Waals surface area contributed by atoms with Gasteiger partial charge in [0.1, 0.15) is 30.5 Å². The number of carbonyl (C=O) groups is 1. The van der Waals surface area contributed by atoms with Crippen LogP contribution in [0.25, 0.3) is 0 Å². The zero-order valence-electron chi connectivity index (χ0n) is 16.6. The van der Waals surface area contributed by atoms with Gasteiger partial charge in [-0.15, -0.1) is 0 Å². The van der Waals surface area contributed by atoms with Crippen molar-refractivity contribution < 1.29 is 19.0 Å². The monoisotopic (exact) mass is 391 g/mol. The van der Waals surface area contributed by atoms with E-state index in [1.54, 1.807) is 24.3 Å². The molecule has 0 aliphatic rings. The number of ether oxygens (including phenoxy) is 3. The summed E-state index contributed by atoms with van der Waals surface area (Å²) in [6.45, 7) is 4.75. The van der Waals surface area contributed by atoms with Crippen molar-refractivity contribution in [3.05, 3.63) is 84.4 Å². The van der Waals surface area contributed by atoms with Crippen molar-refractivity contribution in [3.63, 3.8) is 0 Å². The average molecular weight is 391 g/mol. The first-order valence-electron chi connectivity index (χ1n) is 9.59. The summed E-state index contributed by atoms with van der Waals surface area (Å²) in [7, 11) is 0. The van der Waals surface area contributed by atoms with Gasteiger partial charge in [0, 0.05) is 5.56 Å². The highest BCUT2D eigenvalue weighted by atomic mass is 16.5. The first-order valence-corrected chi connectivity index (χ1v) is 9.59. The van der Waals surface area contributed by atoms with Gasteiger partial charge in [-0.05, 0) is 62.4 Å². The molecule has 0 aliphatic heterocycles. The Morgan fingerprint density at radius 1 is 0.793 bits per heavy atom. The number of benzene rings is 3. The van der Waals surface area contributed by atoms with Crippen molar-refractivity contribution in [2.75, 3.05) is 18.5 Å². The van der Waals surface area contributed by atoms with Gasteiger partial charge >= 0.3 is 0 Å². The molecule has 5 heteroatoms. The maximum atomic E-state index is 12.6. The molecule has 0 fully saturated rings. The Bertz CT molecular complexity index is 908. The maximum Gasteiger partial charge on any atom is 0.255 e. The predicted molar refractivity (Wildman–Crippen MR) is 114 cm³/mol. The van der Waals surface area contributed by atoms with Gasteiger partial charge < -0.3 is 19.5 Å². The van der Waals surface area contributed by atoms with Crippen molar-refractivity contribution in [2.24, 2.45) is 0 Å². The third kappa shape index (κ3) is 6.28. The van der Waals surface area contributed by atoms with Gasteiger partial charge in [-0.2, -0.15) is 0 Å². The van der Waals surface area contributed by atoms with Crippen LogP contribution in [0, 0.1) is 0 Å². The number of hydrogen-bond donors (Lipinski definition) is 1. The van der Waals surface area contributed by atoms with E-state index in [1.165, 1.54) is 0 Å². The Balaban J connectivity index is 1.51. The van der Waals surface area contributed by atoms with Crippen LogP contribution in [0.4, 0.5) is 5.69 Å². The topological polar surface area (TPSA) is 56.8 Å². The van der Waals surface area contributed by atoms with Crippen LogP contribution in [-0.2, 0) is 0 Å². The molecule has 0 unspecified atom stereocenters. The van der Waals surface area contributed by atoms with Crippen LogP contribution in [0.2, 0.25) is 0 Å². The van der Waals surface area contributed by atoms with Crippen molar-refractivity contribution in [1.29, 1.82) is 0 Å². The number of para-hydroxylation sites is 3. The number of carbonyl (C=O) groups excluding carboxylic acids is 1. The number of rotatable bonds is 9. The highest BCUT2D eigenvalue weighted by Crippen LogP contribution is 2.25. The van der Waals surface area contributed by atoms with E-state index in [9.17, 15) is 4.79 Å². The van der Waals surface area contributed by atoms with Crippen LogP contribution in [0.3, 0.4) is 0 Å². The molecule has 3 rings (SSSR count). The minimum Gasteiger partial charge on any atom is -0.490 e. The normalized spacial score (nSPS) is 10.4. The Labute approximate surface area is 171 Å². The largest absolute Gasteiger partial charge is 0.490 e. The third-order valence-electron chi connectivity index (χ3n) is 3.98. The van der Waals surface area contributed by atoms with E-state index in [1.807, 2.05) is 68.4 Å². The Morgan fingerprint density at radius 2 is 1.38 bits per heavy atom. The molecular formula is C24H25NO4. The van der Waals surface area contributed by atoms with E-state index in [0.717, 1.165) is 5.75 Å². The standard InChI is InChI=1S/C24H25NO4/c1-18(2)29-23-11-7-6-10-22(23)25-24(26)19-12-14-21(15-13-19)28-17-16-27-20-8-4-3-5-9-20/h3-15,18H,16-17H2,1-2H3,(H,25,26). The molecule has 1 amide bonds. The van der Waals surface area contributed by atoms with E-state index in [2.05, 4.69) is 5.32 Å². The minimum absolute atomic E-state index is 0.0235. The Morgan fingerprint density at radius 3 is 2.03 bits per heavy atom. The smallest absolute Gasteiger partial charge is 0.255 e. The molecule has 3 aromatic carbocycles. The lowest BCUT2D eigenvalue weighted by molar-refractivity contribution is 0.102. The molecule has 3 aromatic rings. The number of amides is 1. The van der Waals surface area contributed by atoms with Crippen molar-refractivity contribution in [1.82, 2.24) is 0 Å². The maximum absolute atomic E-state index is 12.6. The lowest BCUT2D eigenvalue weighted by Crippen LogP contribution is -2.14. The van der Waals surface area contributed by atoms with Crippen molar-refractivity contribution >= 4 is 11.6 Å². The second-order valence-electron chi connectivity index (χ2n) is 6.65. The van der Waals surface area contributed by atoms with E-state index in [-0.39, 0.29) is 12.0 Å². The highest BCUT2D eigenvalue weighted by molar-refractivity contribution is 6.05. The van der Waals surface area contributed by atoms with Gasteiger partial charge in [-0.25, -0.2) is 0 Å². The molecule has 0 heterocycles. The summed E-state index contributed by atoms with van der Waals surface area (Å²) in [5.74, 6) is 1.93. The van der Waals surface area contributed by atoms with E-state index in [0.29, 0.717) is 36.0 Å². The molecule has 0 spiro atoms. The molecule has 0 aromatic heterocycles. The van der Waals surface area contributed by atoms with Gasteiger partial charge in [0.25, 0.3) is 5.91 Å². The average Bonchev–Trinajstić information content (AvgIpc) is 2.73. The minimum atomic E-state index is -0.205. The van der Waals surface area contributed by atoms with Crippen LogP contribution in [0.5, 0.6) is 17.2 Å². The second-order valence-corrected chi connectivity index (χ2v) is 6.65. The van der Waals surface area contributed by atoms with Crippen LogP contribution >= 0.6 is 0 Å². The summed E-state index contributed by atoms with van der Waals surface area (Å²) in [5, 5.41) is 2.90. The lowest BCUT2D eigenvalue weighted by atomic mass is 10.2. The highest BCUT2D eigenvalue weighted by Gasteiger charge is 2.11. The first kappa shape index (κ1) is 20.3. The molecule has 150 valence electrons. The second kappa shape index (κ2) is 10.2. The Kier molecular flexibility index (Phi) is 7.11. The predicted octanol–water partition coefficient (Wildman–Crippen LogP) is 5.18. The molecule has 5 nitrogen and oxygen atoms in total. The van der Waals surface area contributed by atoms with Crippen LogP contribution in [0.1, 0.15) is 24.2 Å². The number of hydrogen-bond acceptors (Lipinski definition) is 4. The molecular weight excluding hydrogens is 366 g/mol. The summed E-state index contributed by atoms with van der Waals surface area (Å²) in [6.07, 6.45) is 0.0235. The molecule has 1 N–H and O–H groups in total. The van der Waals surface area contributed by atoms with Crippen molar-refractivity contribution in [2.45, 2.75) is 20.0 Å². The summed E-state index contributed by atoms with van der Waals surface area (Å²) in [4.78, 5) is 12.6.